The van der Waals surface area contributed by atoms with Crippen LogP contribution in [0.3, 0.4) is 0 Å². The molecule has 17 heavy (non-hydrogen) atoms. The van der Waals surface area contributed by atoms with Gasteiger partial charge in [-0.3, -0.25) is 0 Å². The molecule has 88 valence electrons. The van der Waals surface area contributed by atoms with Crippen LogP contribution in [0, 0.1) is 0 Å². The molecule has 1 aromatic heterocycles. The molecule has 1 atom stereocenters. The first-order valence-electron chi connectivity index (χ1n) is 5.12. The minimum atomic E-state index is -1.02. The summed E-state index contributed by atoms with van der Waals surface area (Å²) in [4.78, 5) is 11.0. The highest BCUT2D eigenvalue weighted by Gasteiger charge is 2.23. The van der Waals surface area contributed by atoms with Crippen LogP contribution in [0.25, 0.3) is 0 Å². The number of rotatable bonds is 4. The molecule has 0 spiro atoms. The molecule has 0 aliphatic rings. The average molecular weight is 232 g/mol. The number of furan rings is 1. The van der Waals surface area contributed by atoms with E-state index < -0.39 is 12.1 Å². The third kappa shape index (κ3) is 2.21. The lowest BCUT2D eigenvalue weighted by molar-refractivity contribution is 0.0679. The molecule has 1 N–H and O–H groups in total. The second-order valence-corrected chi connectivity index (χ2v) is 3.53. The number of benzene rings is 1. The third-order valence-corrected chi connectivity index (χ3v) is 2.50. The Kier molecular flexibility index (Phi) is 3.25. The van der Waals surface area contributed by atoms with Gasteiger partial charge in [0.05, 0.1) is 6.26 Å². The van der Waals surface area contributed by atoms with Gasteiger partial charge in [0.25, 0.3) is 0 Å². The number of carboxylic acids is 1. The van der Waals surface area contributed by atoms with E-state index in [0.717, 1.165) is 5.56 Å². The van der Waals surface area contributed by atoms with E-state index in [1.54, 1.807) is 0 Å². The minimum absolute atomic E-state index is 0.126. The molecule has 0 radical (unpaired) electrons. The Hall–Kier alpha value is -2.07. The Labute approximate surface area is 98.4 Å². The maximum Gasteiger partial charge on any atom is 0.339 e. The summed E-state index contributed by atoms with van der Waals surface area (Å²) in [5, 5.41) is 9.03. The monoisotopic (exact) mass is 232 g/mol. The van der Waals surface area contributed by atoms with Crippen molar-refractivity contribution in [3.63, 3.8) is 0 Å². The lowest BCUT2D eigenvalue weighted by Crippen LogP contribution is -2.07. The van der Waals surface area contributed by atoms with Crippen molar-refractivity contribution in [1.82, 2.24) is 0 Å². The molecule has 0 aliphatic heterocycles. The van der Waals surface area contributed by atoms with E-state index in [1.807, 2.05) is 30.3 Å². The summed E-state index contributed by atoms with van der Waals surface area (Å²) >= 11 is 0. The molecule has 4 nitrogen and oxygen atoms in total. The zero-order chi connectivity index (χ0) is 12.3. The number of methoxy groups -OCH3 is 1. The number of aromatic carboxylic acids is 1. The van der Waals surface area contributed by atoms with Gasteiger partial charge in [-0.05, 0) is 11.6 Å². The first-order valence-corrected chi connectivity index (χ1v) is 5.12. The van der Waals surface area contributed by atoms with Crippen molar-refractivity contribution in [2.75, 3.05) is 7.11 Å². The van der Waals surface area contributed by atoms with E-state index in [0.29, 0.717) is 5.76 Å². The van der Waals surface area contributed by atoms with Crippen molar-refractivity contribution in [3.05, 3.63) is 59.5 Å². The van der Waals surface area contributed by atoms with Gasteiger partial charge in [-0.25, -0.2) is 4.79 Å². The number of ether oxygens (including phenoxy) is 1. The molecule has 4 heteroatoms. The van der Waals surface area contributed by atoms with Crippen LogP contribution in [-0.2, 0) is 4.74 Å². The van der Waals surface area contributed by atoms with E-state index in [4.69, 9.17) is 14.3 Å². The van der Waals surface area contributed by atoms with Crippen molar-refractivity contribution in [3.8, 4) is 0 Å². The minimum Gasteiger partial charge on any atom is -0.478 e. The quantitative estimate of drug-likeness (QED) is 0.880. The van der Waals surface area contributed by atoms with Crippen LogP contribution in [0.4, 0.5) is 0 Å². The van der Waals surface area contributed by atoms with Crippen LogP contribution >= 0.6 is 0 Å². The third-order valence-electron chi connectivity index (χ3n) is 2.50. The SMILES string of the molecule is COC(c1ccccc1)c1occc1C(=O)O. The average Bonchev–Trinajstić information content (AvgIpc) is 2.81. The zero-order valence-corrected chi connectivity index (χ0v) is 9.29. The van der Waals surface area contributed by atoms with E-state index in [2.05, 4.69) is 0 Å². The van der Waals surface area contributed by atoms with Crippen molar-refractivity contribution in [1.29, 1.82) is 0 Å². The van der Waals surface area contributed by atoms with E-state index in [1.165, 1.54) is 19.4 Å². The Morgan fingerprint density at radius 3 is 2.59 bits per heavy atom. The summed E-state index contributed by atoms with van der Waals surface area (Å²) in [6, 6.07) is 10.8. The van der Waals surface area contributed by atoms with Gasteiger partial charge in [-0.15, -0.1) is 0 Å². The summed E-state index contributed by atoms with van der Waals surface area (Å²) in [6.07, 6.45) is 0.852. The van der Waals surface area contributed by atoms with Gasteiger partial charge in [-0.1, -0.05) is 30.3 Å². The van der Waals surface area contributed by atoms with Crippen LogP contribution in [0.2, 0.25) is 0 Å². The largest absolute Gasteiger partial charge is 0.478 e. The summed E-state index contributed by atoms with van der Waals surface area (Å²) in [5.41, 5.74) is 0.980. The van der Waals surface area contributed by atoms with E-state index in [9.17, 15) is 4.79 Å². The van der Waals surface area contributed by atoms with Crippen molar-refractivity contribution < 1.29 is 19.1 Å². The number of hydrogen-bond acceptors (Lipinski definition) is 3. The normalized spacial score (nSPS) is 12.3. The Morgan fingerprint density at radius 1 is 1.29 bits per heavy atom. The van der Waals surface area contributed by atoms with E-state index in [-0.39, 0.29) is 5.56 Å². The van der Waals surface area contributed by atoms with Crippen molar-refractivity contribution >= 4 is 5.97 Å². The second-order valence-electron chi connectivity index (χ2n) is 3.53. The fourth-order valence-electron chi connectivity index (χ4n) is 1.72. The molecule has 1 heterocycles. The van der Waals surface area contributed by atoms with Crippen LogP contribution in [0.5, 0.6) is 0 Å². The predicted molar refractivity (Wildman–Crippen MR) is 61.0 cm³/mol. The smallest absolute Gasteiger partial charge is 0.339 e. The number of carbonyl (C=O) groups is 1. The second kappa shape index (κ2) is 4.84. The molecule has 0 saturated carbocycles. The van der Waals surface area contributed by atoms with Gasteiger partial charge >= 0.3 is 5.97 Å². The summed E-state index contributed by atoms with van der Waals surface area (Å²) in [6.45, 7) is 0. The highest BCUT2D eigenvalue weighted by Crippen LogP contribution is 2.28. The van der Waals surface area contributed by atoms with Crippen LogP contribution in [0.15, 0.2) is 47.1 Å². The molecule has 2 rings (SSSR count). The first kappa shape index (κ1) is 11.4. The molecular weight excluding hydrogens is 220 g/mol. The molecule has 0 saturated heterocycles. The molecule has 0 bridgehead atoms. The summed E-state index contributed by atoms with van der Waals surface area (Å²) in [5.74, 6) is -0.710. The lowest BCUT2D eigenvalue weighted by atomic mass is 10.0. The van der Waals surface area contributed by atoms with E-state index >= 15 is 0 Å². The molecule has 1 aromatic carbocycles. The topological polar surface area (TPSA) is 59.7 Å². The molecular formula is C13H12O4. The molecule has 0 fully saturated rings. The van der Waals surface area contributed by atoms with Gasteiger partial charge < -0.3 is 14.3 Å². The highest BCUT2D eigenvalue weighted by atomic mass is 16.5. The Bertz CT molecular complexity index is 501. The van der Waals surface area contributed by atoms with Crippen molar-refractivity contribution in [2.24, 2.45) is 0 Å². The van der Waals surface area contributed by atoms with Crippen LogP contribution in [0.1, 0.15) is 27.8 Å². The van der Waals surface area contributed by atoms with Gasteiger partial charge in [-0.2, -0.15) is 0 Å². The zero-order valence-electron chi connectivity index (χ0n) is 9.29. The molecule has 0 amide bonds. The first-order chi connectivity index (χ1) is 8.24. The Balaban J connectivity index is 2.43. The summed E-state index contributed by atoms with van der Waals surface area (Å²) in [7, 11) is 1.52. The number of hydrogen-bond donors (Lipinski definition) is 1. The number of carboxylic acid groups (broad SMARTS) is 1. The Morgan fingerprint density at radius 2 is 2.00 bits per heavy atom. The molecule has 2 aromatic rings. The van der Waals surface area contributed by atoms with Crippen LogP contribution in [-0.4, -0.2) is 18.2 Å². The van der Waals surface area contributed by atoms with Crippen molar-refractivity contribution in [2.45, 2.75) is 6.10 Å². The molecule has 1 unspecified atom stereocenters. The van der Waals surface area contributed by atoms with Gasteiger partial charge in [0.2, 0.25) is 0 Å². The van der Waals surface area contributed by atoms with Crippen LogP contribution < -0.4 is 0 Å². The lowest BCUT2D eigenvalue weighted by Gasteiger charge is -2.13. The molecule has 0 aliphatic carbocycles. The fourth-order valence-corrected chi connectivity index (χ4v) is 1.72. The highest BCUT2D eigenvalue weighted by molar-refractivity contribution is 5.88. The maximum absolute atomic E-state index is 11.0. The standard InChI is InChI=1S/C13H12O4/c1-16-11(9-5-3-2-4-6-9)12-10(13(14)15)7-8-17-12/h2-8,11H,1H3,(H,14,15). The summed E-state index contributed by atoms with van der Waals surface area (Å²) < 4.78 is 10.5. The van der Waals surface area contributed by atoms with Gasteiger partial charge in [0.1, 0.15) is 11.7 Å². The fraction of sp³-hybridized carbons (Fsp3) is 0.154. The van der Waals surface area contributed by atoms with Gasteiger partial charge in [0, 0.05) is 7.11 Å². The predicted octanol–water partition coefficient (Wildman–Crippen LogP) is 2.71. The maximum atomic E-state index is 11.0. The van der Waals surface area contributed by atoms with Gasteiger partial charge in [0.15, 0.2) is 5.76 Å².